The fourth-order valence-electron chi connectivity index (χ4n) is 5.86. The van der Waals surface area contributed by atoms with E-state index in [2.05, 4.69) is 38.7 Å². The van der Waals surface area contributed by atoms with Gasteiger partial charge in [0, 0.05) is 29.5 Å². The second kappa shape index (κ2) is 16.1. The lowest BCUT2D eigenvalue weighted by Gasteiger charge is -2.33. The molecule has 1 aliphatic carbocycles. The number of carbonyl (C=O) groups excluding carboxylic acids is 3. The molecule has 47 heavy (non-hydrogen) atoms. The molecule has 252 valence electrons. The summed E-state index contributed by atoms with van der Waals surface area (Å²) in [5.41, 5.74) is 4.10. The highest BCUT2D eigenvalue weighted by molar-refractivity contribution is 14.1. The van der Waals surface area contributed by atoms with Gasteiger partial charge < -0.3 is 25.6 Å². The third-order valence-corrected chi connectivity index (χ3v) is 9.12. The molecular weight excluding hydrogens is 711 g/mol. The van der Waals surface area contributed by atoms with Gasteiger partial charge in [-0.05, 0) is 75.2 Å². The number of benzene rings is 3. The molecule has 0 spiro atoms. The maximum Gasteiger partial charge on any atom is 0.407 e. The first-order chi connectivity index (χ1) is 22.3. The van der Waals surface area contributed by atoms with Gasteiger partial charge in [-0.25, -0.2) is 9.80 Å². The summed E-state index contributed by atoms with van der Waals surface area (Å²) in [6, 6.07) is 23.3. The highest BCUT2D eigenvalue weighted by Gasteiger charge is 2.40. The largest absolute Gasteiger partial charge is 0.453 e. The van der Waals surface area contributed by atoms with E-state index in [4.69, 9.17) is 4.74 Å². The van der Waals surface area contributed by atoms with Crippen LogP contribution in [0.2, 0.25) is 0 Å². The number of fused-ring (bicyclic) bond motifs is 1. The van der Waals surface area contributed by atoms with E-state index in [1.165, 1.54) is 7.11 Å². The maximum absolute atomic E-state index is 13.9. The van der Waals surface area contributed by atoms with Crippen LogP contribution in [0.15, 0.2) is 78.9 Å². The van der Waals surface area contributed by atoms with Crippen molar-refractivity contribution in [1.29, 1.82) is 0 Å². The number of alkyl carbamates (subject to hydrolysis) is 1. The third kappa shape index (κ3) is 9.99. The highest BCUT2D eigenvalue weighted by Crippen LogP contribution is 2.32. The molecule has 0 unspecified atom stereocenters. The van der Waals surface area contributed by atoms with E-state index in [9.17, 15) is 24.6 Å². The van der Waals surface area contributed by atoms with Gasteiger partial charge in [0.1, 0.15) is 11.6 Å². The molecule has 0 bridgehead atoms. The number of nitrogens with zero attached hydrogens (tertiary/aromatic N) is 1. The summed E-state index contributed by atoms with van der Waals surface area (Å²) in [6.07, 6.45) is -0.590. The molecule has 4 atom stereocenters. The Morgan fingerprint density at radius 2 is 1.64 bits per heavy atom. The van der Waals surface area contributed by atoms with Crippen molar-refractivity contribution < 1.29 is 29.3 Å². The fourth-order valence-corrected chi connectivity index (χ4v) is 6.22. The van der Waals surface area contributed by atoms with Crippen molar-refractivity contribution in [3.63, 3.8) is 0 Å². The van der Waals surface area contributed by atoms with Gasteiger partial charge in [-0.3, -0.25) is 15.0 Å². The summed E-state index contributed by atoms with van der Waals surface area (Å²) in [6.45, 7) is 6.19. The molecule has 10 nitrogen and oxygen atoms in total. The molecule has 3 aromatic carbocycles. The first kappa shape index (κ1) is 36.3. The highest BCUT2D eigenvalue weighted by atomic mass is 127. The number of hydrogen-bond donors (Lipinski definition) is 5. The number of hydrogen-bond acceptors (Lipinski definition) is 7. The zero-order chi connectivity index (χ0) is 34.2. The van der Waals surface area contributed by atoms with Crippen molar-refractivity contribution in [2.24, 2.45) is 5.41 Å². The van der Waals surface area contributed by atoms with Crippen LogP contribution in [0.4, 0.5) is 4.79 Å². The lowest BCUT2D eigenvalue weighted by atomic mass is 9.86. The molecular formula is C36H45IN4O6. The normalized spacial score (nSPS) is 17.7. The Morgan fingerprint density at radius 3 is 2.30 bits per heavy atom. The first-order valence-electron chi connectivity index (χ1n) is 15.8. The molecule has 11 heteroatoms. The number of amides is 3. The van der Waals surface area contributed by atoms with Gasteiger partial charge in [0.2, 0.25) is 0 Å². The smallest absolute Gasteiger partial charge is 0.407 e. The molecule has 4 rings (SSSR count). The predicted molar refractivity (Wildman–Crippen MR) is 188 cm³/mol. The molecule has 3 aromatic rings. The molecule has 0 saturated carbocycles. The molecule has 0 aromatic heterocycles. The molecule has 0 fully saturated rings. The van der Waals surface area contributed by atoms with Crippen molar-refractivity contribution >= 4 is 40.5 Å². The van der Waals surface area contributed by atoms with Crippen LogP contribution in [0.25, 0.3) is 0 Å². The molecule has 3 amide bonds. The number of nitrogens with one attached hydrogen (secondary N) is 3. The van der Waals surface area contributed by atoms with Gasteiger partial charge in [-0.2, -0.15) is 0 Å². The Labute approximate surface area is 290 Å². The average Bonchev–Trinajstić information content (AvgIpc) is 3.34. The van der Waals surface area contributed by atoms with E-state index >= 15 is 0 Å². The Bertz CT molecular complexity index is 1510. The van der Waals surface area contributed by atoms with Crippen LogP contribution in [0, 0.1) is 8.99 Å². The van der Waals surface area contributed by atoms with Crippen LogP contribution >= 0.6 is 22.6 Å². The summed E-state index contributed by atoms with van der Waals surface area (Å²) in [4.78, 5) is 39.5. The van der Waals surface area contributed by atoms with Gasteiger partial charge in [-0.15, -0.1) is 0 Å². The zero-order valence-corrected chi connectivity index (χ0v) is 29.5. The number of hydrazine groups is 1. The standard InChI is InChI=1S/C36H45IN4O6/c1-35(2,3)31(39-34(45)47-4)32(43)40-41(23-25-15-17-27(37)18-16-25)20-10-19-36(46,22-24-11-6-5-7-12-24)33(44)38-30-28-14-9-8-13-26(28)21-29(30)42/h5-9,11-18,29-31,42,46H,10,19-23H2,1-4H3,(H,38,44)(H,39,45)(H,40,43)/t29-,30+,31-,36-/m1/s1. The lowest BCUT2D eigenvalue weighted by molar-refractivity contribution is -0.142. The topological polar surface area (TPSA) is 140 Å². The van der Waals surface area contributed by atoms with E-state index in [0.29, 0.717) is 25.9 Å². The number of carbonyl (C=O) groups is 3. The van der Waals surface area contributed by atoms with Crippen LogP contribution < -0.4 is 16.1 Å². The van der Waals surface area contributed by atoms with Crippen molar-refractivity contribution in [2.45, 2.75) is 76.8 Å². The minimum atomic E-state index is -1.79. The first-order valence-corrected chi connectivity index (χ1v) is 16.8. The van der Waals surface area contributed by atoms with Crippen LogP contribution in [-0.4, -0.2) is 64.5 Å². The lowest BCUT2D eigenvalue weighted by Crippen LogP contribution is -2.57. The van der Waals surface area contributed by atoms with Gasteiger partial charge in [0.15, 0.2) is 0 Å². The number of ether oxygens (including phenoxy) is 1. The number of halogens is 1. The minimum Gasteiger partial charge on any atom is -0.453 e. The Kier molecular flexibility index (Phi) is 12.4. The number of rotatable bonds is 13. The van der Waals surface area contributed by atoms with Gasteiger partial charge in [0.25, 0.3) is 11.8 Å². The molecule has 0 aliphatic heterocycles. The van der Waals surface area contributed by atoms with Gasteiger partial charge in [0.05, 0.1) is 19.3 Å². The molecule has 5 N–H and O–H groups in total. The summed E-state index contributed by atoms with van der Waals surface area (Å²) in [7, 11) is 1.24. The van der Waals surface area contributed by atoms with Crippen LogP contribution in [0.5, 0.6) is 0 Å². The van der Waals surface area contributed by atoms with Gasteiger partial charge in [-0.1, -0.05) is 87.5 Å². The fraction of sp³-hybridized carbons (Fsp3) is 0.417. The van der Waals surface area contributed by atoms with Crippen molar-refractivity contribution in [1.82, 2.24) is 21.1 Å². The van der Waals surface area contributed by atoms with Crippen LogP contribution in [0.1, 0.15) is 61.9 Å². The van der Waals surface area contributed by atoms with E-state index in [1.54, 1.807) is 5.01 Å². The zero-order valence-electron chi connectivity index (χ0n) is 27.3. The summed E-state index contributed by atoms with van der Waals surface area (Å²) in [5.74, 6) is -0.981. The molecule has 0 saturated heterocycles. The van der Waals surface area contributed by atoms with E-state index in [0.717, 1.165) is 25.8 Å². The van der Waals surface area contributed by atoms with Crippen molar-refractivity contribution in [3.05, 3.63) is 105 Å². The van der Waals surface area contributed by atoms with E-state index in [1.807, 2.05) is 99.6 Å². The summed E-state index contributed by atoms with van der Waals surface area (Å²) >= 11 is 2.23. The monoisotopic (exact) mass is 756 g/mol. The van der Waals surface area contributed by atoms with Gasteiger partial charge >= 0.3 is 6.09 Å². The average molecular weight is 757 g/mol. The quantitative estimate of drug-likeness (QED) is 0.129. The second-order valence-corrected chi connectivity index (χ2v) is 14.4. The predicted octanol–water partition coefficient (Wildman–Crippen LogP) is 4.42. The third-order valence-electron chi connectivity index (χ3n) is 8.40. The van der Waals surface area contributed by atoms with Crippen LogP contribution in [0.3, 0.4) is 0 Å². The molecule has 0 heterocycles. The number of aliphatic hydroxyl groups is 2. The van der Waals surface area contributed by atoms with Crippen LogP contribution in [-0.2, 0) is 33.7 Å². The Hall–Kier alpha value is -3.52. The number of methoxy groups -OCH3 is 1. The van der Waals surface area contributed by atoms with Crippen molar-refractivity contribution in [2.75, 3.05) is 13.7 Å². The number of aliphatic hydroxyl groups excluding tert-OH is 1. The Balaban J connectivity index is 1.53. The van der Waals surface area contributed by atoms with E-state index in [-0.39, 0.29) is 12.8 Å². The minimum absolute atomic E-state index is 0.0722. The molecule has 0 radical (unpaired) electrons. The molecule has 1 aliphatic rings. The second-order valence-electron chi connectivity index (χ2n) is 13.2. The maximum atomic E-state index is 13.9. The summed E-state index contributed by atoms with van der Waals surface area (Å²) < 4.78 is 5.83. The summed E-state index contributed by atoms with van der Waals surface area (Å²) in [5, 5.41) is 30.1. The SMILES string of the molecule is COC(=O)N[C@H](C(=O)NN(CCC[C@@](O)(Cc1ccccc1)C(=O)N[C@H]1c2ccccc2C[C@H]1O)Cc1ccc(I)cc1)C(C)(C)C. The van der Waals surface area contributed by atoms with E-state index < -0.39 is 47.1 Å². The van der Waals surface area contributed by atoms with Crippen molar-refractivity contribution in [3.8, 4) is 0 Å². The Morgan fingerprint density at radius 1 is 0.979 bits per heavy atom.